The molecule has 1 atom stereocenters. The number of para-hydroxylation sites is 1. The van der Waals surface area contributed by atoms with Crippen LogP contribution in [0.2, 0.25) is 0 Å². The summed E-state index contributed by atoms with van der Waals surface area (Å²) in [5, 5.41) is 0. The number of hydrogen-bond donors (Lipinski definition) is 0. The van der Waals surface area contributed by atoms with Crippen molar-refractivity contribution in [1.82, 2.24) is 4.90 Å². The Bertz CT molecular complexity index is 734. The zero-order chi connectivity index (χ0) is 18.4. The highest BCUT2D eigenvalue weighted by Gasteiger charge is 2.33. The first-order chi connectivity index (χ1) is 11.8. The maximum absolute atomic E-state index is 12.5. The van der Waals surface area contributed by atoms with Gasteiger partial charge in [-0.25, -0.2) is 8.42 Å². The highest BCUT2D eigenvalue weighted by molar-refractivity contribution is 7.91. The minimum atomic E-state index is -3.10. The quantitative estimate of drug-likeness (QED) is 0.690. The lowest BCUT2D eigenvalue weighted by molar-refractivity contribution is -0.127. The molecule has 138 valence electrons. The Labute approximate surface area is 146 Å². The largest absolute Gasteiger partial charge is 0.434 e. The summed E-state index contributed by atoms with van der Waals surface area (Å²) in [5.74, 6) is -0.305. The zero-order valence-electron chi connectivity index (χ0n) is 13.9. The molecule has 0 radical (unpaired) electrons. The Morgan fingerprint density at radius 1 is 1.40 bits per heavy atom. The van der Waals surface area contributed by atoms with Gasteiger partial charge in [-0.3, -0.25) is 4.79 Å². The van der Waals surface area contributed by atoms with Crippen molar-refractivity contribution in [2.45, 2.75) is 32.4 Å². The fourth-order valence-corrected chi connectivity index (χ4v) is 4.54. The summed E-state index contributed by atoms with van der Waals surface area (Å²) in [6.45, 7) is -0.608. The molecule has 8 heteroatoms. The fourth-order valence-electron chi connectivity index (χ4n) is 2.81. The summed E-state index contributed by atoms with van der Waals surface area (Å²) in [6.07, 6.45) is 3.80. The number of amides is 1. The van der Waals surface area contributed by atoms with Crippen LogP contribution < -0.4 is 4.74 Å². The van der Waals surface area contributed by atoms with Crippen LogP contribution in [-0.4, -0.2) is 49.9 Å². The highest BCUT2D eigenvalue weighted by atomic mass is 32.2. The molecule has 2 rings (SSSR count). The third-order valence-corrected chi connectivity index (χ3v) is 5.69. The molecule has 1 heterocycles. The van der Waals surface area contributed by atoms with Gasteiger partial charge in [0.15, 0.2) is 9.84 Å². The van der Waals surface area contributed by atoms with E-state index < -0.39 is 16.4 Å². The van der Waals surface area contributed by atoms with E-state index in [0.29, 0.717) is 24.9 Å². The minimum Gasteiger partial charge on any atom is -0.434 e. The van der Waals surface area contributed by atoms with Gasteiger partial charge >= 0.3 is 6.61 Å². The number of halogens is 2. The number of hydrogen-bond acceptors (Lipinski definition) is 4. The molecule has 0 spiro atoms. The van der Waals surface area contributed by atoms with Gasteiger partial charge < -0.3 is 9.64 Å². The molecule has 0 aliphatic carbocycles. The third kappa shape index (κ3) is 5.52. The Morgan fingerprint density at radius 2 is 2.12 bits per heavy atom. The summed E-state index contributed by atoms with van der Waals surface area (Å²) in [6, 6.07) is 5.82. The number of carbonyl (C=O) groups is 1. The molecule has 0 bridgehead atoms. The minimum absolute atomic E-state index is 0.0213. The van der Waals surface area contributed by atoms with Crippen molar-refractivity contribution in [3.63, 3.8) is 0 Å². The molecule has 5 nitrogen and oxygen atoms in total. The lowest BCUT2D eigenvalue weighted by Crippen LogP contribution is -2.40. The van der Waals surface area contributed by atoms with Crippen LogP contribution in [0.5, 0.6) is 5.75 Å². The molecule has 1 saturated heterocycles. The first kappa shape index (κ1) is 19.4. The van der Waals surface area contributed by atoms with Crippen LogP contribution in [-0.2, 0) is 14.6 Å². The molecule has 25 heavy (non-hydrogen) atoms. The molecule has 1 amide bonds. The van der Waals surface area contributed by atoms with E-state index in [1.54, 1.807) is 18.2 Å². The molecule has 1 aromatic rings. The first-order valence-electron chi connectivity index (χ1n) is 8.05. The zero-order valence-corrected chi connectivity index (χ0v) is 14.7. The van der Waals surface area contributed by atoms with Crippen molar-refractivity contribution in [2.24, 2.45) is 0 Å². The van der Waals surface area contributed by atoms with E-state index in [4.69, 9.17) is 0 Å². The number of sulfone groups is 1. The van der Waals surface area contributed by atoms with Crippen molar-refractivity contribution >= 4 is 21.8 Å². The molecular formula is C17H21F2NO4S. The number of rotatable bonds is 7. The smallest absolute Gasteiger partial charge is 0.387 e. The van der Waals surface area contributed by atoms with E-state index in [0.717, 1.165) is 0 Å². The molecule has 1 fully saturated rings. The van der Waals surface area contributed by atoms with E-state index in [2.05, 4.69) is 4.74 Å². The Morgan fingerprint density at radius 3 is 2.72 bits per heavy atom. The predicted octanol–water partition coefficient (Wildman–Crippen LogP) is 2.73. The van der Waals surface area contributed by atoms with E-state index in [-0.39, 0.29) is 29.2 Å². The normalized spacial score (nSPS) is 19.4. The summed E-state index contributed by atoms with van der Waals surface area (Å²) >= 11 is 0. The molecule has 1 aliphatic heterocycles. The van der Waals surface area contributed by atoms with Gasteiger partial charge in [0.25, 0.3) is 0 Å². The van der Waals surface area contributed by atoms with Crippen molar-refractivity contribution in [1.29, 1.82) is 0 Å². The van der Waals surface area contributed by atoms with Crippen molar-refractivity contribution in [3.05, 3.63) is 35.9 Å². The second kappa shape index (κ2) is 8.42. The highest BCUT2D eigenvalue weighted by Crippen LogP contribution is 2.22. The van der Waals surface area contributed by atoms with E-state index in [9.17, 15) is 22.0 Å². The average molecular weight is 373 g/mol. The summed E-state index contributed by atoms with van der Waals surface area (Å²) in [5.41, 5.74) is 0.353. The Hall–Kier alpha value is -1.96. The van der Waals surface area contributed by atoms with Gasteiger partial charge in [0.2, 0.25) is 5.91 Å². The van der Waals surface area contributed by atoms with Gasteiger partial charge in [0.05, 0.1) is 11.5 Å². The van der Waals surface area contributed by atoms with Crippen molar-refractivity contribution < 1.29 is 26.7 Å². The molecule has 1 aromatic carbocycles. The standard InChI is InChI=1S/C17H21F2NO4S/c1-2-10-20(14-9-11-25(22,23)12-14)16(21)8-7-13-5-3-4-6-15(13)24-17(18)19/h3-8,14,17H,2,9-12H2,1H3/b8-7+. The molecule has 1 unspecified atom stereocenters. The fraction of sp³-hybridized carbons (Fsp3) is 0.471. The van der Waals surface area contributed by atoms with Gasteiger partial charge in [-0.1, -0.05) is 25.1 Å². The van der Waals surface area contributed by atoms with Crippen LogP contribution in [0.15, 0.2) is 30.3 Å². The lowest BCUT2D eigenvalue weighted by Gasteiger charge is -2.26. The molecule has 0 aromatic heterocycles. The van der Waals surface area contributed by atoms with Gasteiger partial charge in [-0.05, 0) is 25.0 Å². The second-order valence-corrected chi connectivity index (χ2v) is 8.07. The van der Waals surface area contributed by atoms with E-state index in [1.165, 1.54) is 23.1 Å². The number of ether oxygens (including phenoxy) is 1. The molecule has 1 aliphatic rings. The van der Waals surface area contributed by atoms with Crippen LogP contribution in [0.3, 0.4) is 0 Å². The van der Waals surface area contributed by atoms with Crippen LogP contribution in [0.4, 0.5) is 8.78 Å². The van der Waals surface area contributed by atoms with Crippen LogP contribution in [0.25, 0.3) is 6.08 Å². The summed E-state index contributed by atoms with van der Waals surface area (Å²) in [7, 11) is -3.10. The van der Waals surface area contributed by atoms with Crippen LogP contribution in [0.1, 0.15) is 25.3 Å². The molecular weight excluding hydrogens is 352 g/mol. The first-order valence-corrected chi connectivity index (χ1v) is 9.87. The van der Waals surface area contributed by atoms with Gasteiger partial charge in [-0.15, -0.1) is 0 Å². The van der Waals surface area contributed by atoms with E-state index >= 15 is 0 Å². The Balaban J connectivity index is 2.14. The monoisotopic (exact) mass is 373 g/mol. The van der Waals surface area contributed by atoms with Gasteiger partial charge in [0, 0.05) is 24.2 Å². The van der Waals surface area contributed by atoms with Crippen molar-refractivity contribution in [2.75, 3.05) is 18.1 Å². The lowest BCUT2D eigenvalue weighted by atomic mass is 10.1. The topological polar surface area (TPSA) is 63.7 Å². The SMILES string of the molecule is CCCN(C(=O)/C=C/c1ccccc1OC(F)F)C1CCS(=O)(=O)C1. The number of nitrogens with zero attached hydrogens (tertiary/aromatic N) is 1. The number of alkyl halides is 2. The van der Waals surface area contributed by atoms with Gasteiger partial charge in [-0.2, -0.15) is 8.78 Å². The number of benzene rings is 1. The van der Waals surface area contributed by atoms with Crippen LogP contribution >= 0.6 is 0 Å². The maximum Gasteiger partial charge on any atom is 0.387 e. The van der Waals surface area contributed by atoms with Gasteiger partial charge in [0.1, 0.15) is 5.75 Å². The van der Waals surface area contributed by atoms with Crippen LogP contribution in [0, 0.1) is 0 Å². The third-order valence-electron chi connectivity index (χ3n) is 3.94. The Kier molecular flexibility index (Phi) is 6.52. The molecule has 0 N–H and O–H groups in total. The summed E-state index contributed by atoms with van der Waals surface area (Å²) in [4.78, 5) is 14.0. The second-order valence-electron chi connectivity index (χ2n) is 5.84. The van der Waals surface area contributed by atoms with Crippen molar-refractivity contribution in [3.8, 4) is 5.75 Å². The molecule has 0 saturated carbocycles. The predicted molar refractivity (Wildman–Crippen MR) is 91.2 cm³/mol. The average Bonchev–Trinajstić information content (AvgIpc) is 2.90. The summed E-state index contributed by atoms with van der Waals surface area (Å²) < 4.78 is 52.6. The maximum atomic E-state index is 12.5. The number of carbonyl (C=O) groups excluding carboxylic acids is 1. The van der Waals surface area contributed by atoms with E-state index in [1.807, 2.05) is 6.92 Å².